The van der Waals surface area contributed by atoms with Gasteiger partial charge in [0.05, 0.1) is 29.0 Å². The van der Waals surface area contributed by atoms with Gasteiger partial charge in [0.25, 0.3) is 0 Å². The van der Waals surface area contributed by atoms with Gasteiger partial charge >= 0.3 is 0 Å². The number of anilines is 2. The van der Waals surface area contributed by atoms with E-state index in [1.807, 2.05) is 58.9 Å². The summed E-state index contributed by atoms with van der Waals surface area (Å²) in [5, 5.41) is 53.9. The Balaban J connectivity index is 1.45. The zero-order valence-corrected chi connectivity index (χ0v) is 27.2. The number of amides is 1. The molecule has 2 aromatic carbocycles. The number of phenols is 1. The molecule has 1 aliphatic heterocycles. The average Bonchev–Trinajstić information content (AvgIpc) is 3.42. The lowest BCUT2D eigenvalue weighted by Gasteiger charge is -2.66. The van der Waals surface area contributed by atoms with E-state index < -0.39 is 63.9 Å². The minimum absolute atomic E-state index is 0.0250. The van der Waals surface area contributed by atoms with Gasteiger partial charge in [-0.25, -0.2) is 0 Å². The standard InChI is InChI=1S/C35H45N3O8/c1-15(2)18-10-21(37-12-17-7-8-22-20(9-17)38-14-46-22)27(39)23-19(18)11-33(5)13-34(6)25(16(3)4)29(41)24(32(36)44)30(42)35(34,45)31(43)26(33)28(23)40/h7-10,15-16,24-26,29,31,37-39,41,43,45H,11-14H2,1-6H3,(H2,36,44)/t24?,25-,26?,29?,31?,33+,34+,35-/m0/s1. The van der Waals surface area contributed by atoms with Gasteiger partial charge in [-0.3, -0.25) is 14.4 Å². The van der Waals surface area contributed by atoms with E-state index in [1.54, 1.807) is 6.92 Å². The van der Waals surface area contributed by atoms with Gasteiger partial charge in [-0.1, -0.05) is 47.6 Å². The number of Topliss-reactive ketones (excluding diaryl/α,β-unsaturated/α-hetero) is 2. The second-order valence-electron chi connectivity index (χ2n) is 15.0. The average molecular weight is 636 g/mol. The summed E-state index contributed by atoms with van der Waals surface area (Å²) < 4.78 is 5.50. The number of aromatic hydroxyl groups is 1. The minimum Gasteiger partial charge on any atom is -0.505 e. The molecule has 46 heavy (non-hydrogen) atoms. The summed E-state index contributed by atoms with van der Waals surface area (Å²) in [5.74, 6) is -6.39. The molecule has 1 heterocycles. The van der Waals surface area contributed by atoms with E-state index in [4.69, 9.17) is 10.5 Å². The smallest absolute Gasteiger partial charge is 0.230 e. The van der Waals surface area contributed by atoms with Gasteiger partial charge in [-0.05, 0) is 70.9 Å². The van der Waals surface area contributed by atoms with Gasteiger partial charge in [0.1, 0.15) is 23.5 Å². The van der Waals surface area contributed by atoms with E-state index in [0.717, 1.165) is 22.6 Å². The summed E-state index contributed by atoms with van der Waals surface area (Å²) in [4.78, 5) is 41.0. The monoisotopic (exact) mass is 635 g/mol. The Morgan fingerprint density at radius 2 is 1.85 bits per heavy atom. The van der Waals surface area contributed by atoms with Crippen molar-refractivity contribution in [3.63, 3.8) is 0 Å². The number of aliphatic hydroxyl groups excluding tert-OH is 2. The first-order chi connectivity index (χ1) is 21.5. The van der Waals surface area contributed by atoms with Gasteiger partial charge in [-0.15, -0.1) is 0 Å². The molecular formula is C35H45N3O8. The van der Waals surface area contributed by atoms with Crippen LogP contribution in [0.4, 0.5) is 11.4 Å². The molecule has 1 amide bonds. The van der Waals surface area contributed by atoms with Crippen LogP contribution in [0, 0.1) is 34.5 Å². The number of aliphatic hydroxyl groups is 3. The van der Waals surface area contributed by atoms with Crippen LogP contribution in [0.5, 0.6) is 11.5 Å². The number of nitrogens with one attached hydrogen (secondary N) is 2. The van der Waals surface area contributed by atoms with Crippen LogP contribution in [-0.2, 0) is 22.6 Å². The first-order valence-electron chi connectivity index (χ1n) is 16.1. The molecular weight excluding hydrogens is 590 g/mol. The Morgan fingerprint density at radius 3 is 2.48 bits per heavy atom. The number of fused-ring (bicyclic) bond motifs is 4. The van der Waals surface area contributed by atoms with Gasteiger partial charge in [0.2, 0.25) is 5.91 Å². The molecule has 248 valence electrons. The van der Waals surface area contributed by atoms with Crippen molar-refractivity contribution in [1.82, 2.24) is 0 Å². The van der Waals surface area contributed by atoms with E-state index in [2.05, 4.69) is 10.6 Å². The van der Waals surface area contributed by atoms with Crippen molar-refractivity contribution >= 4 is 28.8 Å². The SMILES string of the molecule is CC(C)c1cc(NCc2ccc3c(c2)NCO3)c(O)c2c1C[C@]1(C)C[C@]3(C)[C@@H](C(C)C)C(O)C(C(N)=O)C(=O)[C@]3(O)C(O)C1C2=O. The molecule has 0 radical (unpaired) electrons. The molecule has 8 N–H and O–H groups in total. The Labute approximate surface area is 268 Å². The molecule has 4 unspecified atom stereocenters. The van der Waals surface area contributed by atoms with E-state index in [0.29, 0.717) is 24.5 Å². The topological polar surface area (TPSA) is 191 Å². The molecule has 3 aliphatic carbocycles. The van der Waals surface area contributed by atoms with Crippen molar-refractivity contribution < 1.29 is 39.5 Å². The normalized spacial score (nSPS) is 34.7. The maximum absolute atomic E-state index is 14.6. The van der Waals surface area contributed by atoms with Crippen molar-refractivity contribution in [1.29, 1.82) is 0 Å². The summed E-state index contributed by atoms with van der Waals surface area (Å²) in [7, 11) is 0. The van der Waals surface area contributed by atoms with E-state index in [-0.39, 0.29) is 36.0 Å². The predicted molar refractivity (Wildman–Crippen MR) is 170 cm³/mol. The summed E-state index contributed by atoms with van der Waals surface area (Å²) in [6.45, 7) is 11.9. The number of primary amides is 1. The number of hydrogen-bond acceptors (Lipinski definition) is 10. The fourth-order valence-electron chi connectivity index (χ4n) is 9.62. The molecule has 2 saturated carbocycles. The first kappa shape index (κ1) is 32.3. The number of rotatable bonds is 6. The van der Waals surface area contributed by atoms with Crippen LogP contribution >= 0.6 is 0 Å². The largest absolute Gasteiger partial charge is 0.505 e. The number of carbonyl (C=O) groups is 3. The van der Waals surface area contributed by atoms with E-state index in [1.165, 1.54) is 0 Å². The van der Waals surface area contributed by atoms with Gasteiger partial charge in [0, 0.05) is 12.0 Å². The van der Waals surface area contributed by atoms with Gasteiger partial charge < -0.3 is 41.5 Å². The van der Waals surface area contributed by atoms with Crippen molar-refractivity contribution in [3.8, 4) is 11.5 Å². The van der Waals surface area contributed by atoms with Crippen LogP contribution in [0.3, 0.4) is 0 Å². The van der Waals surface area contributed by atoms with Crippen LogP contribution < -0.4 is 21.1 Å². The van der Waals surface area contributed by atoms with Gasteiger partial charge in [-0.2, -0.15) is 0 Å². The number of nitrogens with two attached hydrogens (primary N) is 1. The zero-order valence-electron chi connectivity index (χ0n) is 27.2. The van der Waals surface area contributed by atoms with Crippen LogP contribution in [0.1, 0.15) is 80.9 Å². The van der Waals surface area contributed by atoms with Crippen molar-refractivity contribution in [2.24, 2.45) is 40.2 Å². The third-order valence-corrected chi connectivity index (χ3v) is 11.5. The maximum Gasteiger partial charge on any atom is 0.230 e. The Hall–Kier alpha value is -3.67. The van der Waals surface area contributed by atoms with Crippen molar-refractivity contribution in [3.05, 3.63) is 46.5 Å². The molecule has 0 bridgehead atoms. The third kappa shape index (κ3) is 4.31. The highest BCUT2D eigenvalue weighted by atomic mass is 16.5. The Kier molecular flexibility index (Phi) is 7.50. The van der Waals surface area contributed by atoms with Crippen molar-refractivity contribution in [2.45, 2.75) is 84.7 Å². The van der Waals surface area contributed by atoms with Crippen LogP contribution in [0.25, 0.3) is 0 Å². The first-order valence-corrected chi connectivity index (χ1v) is 16.1. The lowest BCUT2D eigenvalue weighted by molar-refractivity contribution is -0.265. The molecule has 6 rings (SSSR count). The summed E-state index contributed by atoms with van der Waals surface area (Å²) in [6, 6.07) is 7.59. The summed E-state index contributed by atoms with van der Waals surface area (Å²) in [5.41, 5.74) is 4.40. The summed E-state index contributed by atoms with van der Waals surface area (Å²) >= 11 is 0. The highest BCUT2D eigenvalue weighted by Gasteiger charge is 2.76. The van der Waals surface area contributed by atoms with E-state index in [9.17, 15) is 34.8 Å². The second-order valence-corrected chi connectivity index (χ2v) is 15.0. The minimum atomic E-state index is -2.55. The fourth-order valence-corrected chi connectivity index (χ4v) is 9.62. The van der Waals surface area contributed by atoms with Crippen molar-refractivity contribution in [2.75, 3.05) is 17.4 Å². The fraction of sp³-hybridized carbons (Fsp3) is 0.571. The molecule has 2 aromatic rings. The number of carbonyl (C=O) groups excluding carboxylic acids is 3. The Morgan fingerprint density at radius 1 is 1.15 bits per heavy atom. The number of ketones is 2. The highest BCUT2D eigenvalue weighted by Crippen LogP contribution is 2.66. The summed E-state index contributed by atoms with van der Waals surface area (Å²) in [6.07, 6.45) is -2.99. The van der Waals surface area contributed by atoms with Crippen LogP contribution in [-0.4, -0.2) is 62.4 Å². The molecule has 0 aromatic heterocycles. The highest BCUT2D eigenvalue weighted by molar-refractivity contribution is 6.09. The molecule has 0 spiro atoms. The third-order valence-electron chi connectivity index (χ3n) is 11.5. The molecule has 0 saturated heterocycles. The maximum atomic E-state index is 14.6. The Bertz CT molecular complexity index is 1640. The van der Waals surface area contributed by atoms with Crippen LogP contribution in [0.2, 0.25) is 0 Å². The second kappa shape index (κ2) is 10.7. The number of ether oxygens (including phenoxy) is 1. The number of benzene rings is 2. The zero-order chi connectivity index (χ0) is 33.7. The molecule has 4 aliphatic rings. The molecule has 2 fully saturated rings. The van der Waals surface area contributed by atoms with E-state index >= 15 is 0 Å². The predicted octanol–water partition coefficient (Wildman–Crippen LogP) is 3.07. The molecule has 11 nitrogen and oxygen atoms in total. The quantitative estimate of drug-likeness (QED) is 0.183. The number of hydrogen-bond donors (Lipinski definition) is 7. The van der Waals surface area contributed by atoms with Gasteiger partial charge in [0.15, 0.2) is 23.9 Å². The molecule has 11 heteroatoms. The lowest BCUT2D eigenvalue weighted by Crippen LogP contribution is -2.79. The molecule has 8 atom stereocenters. The lowest BCUT2D eigenvalue weighted by atomic mass is 9.39. The number of phenolic OH excluding ortho intramolecular Hbond substituents is 1. The van der Waals surface area contributed by atoms with Crippen LogP contribution in [0.15, 0.2) is 24.3 Å².